The van der Waals surface area contributed by atoms with Crippen molar-refractivity contribution in [2.24, 2.45) is 0 Å². The maximum atomic E-state index is 5.60. The Balaban J connectivity index is 1.86. The van der Waals surface area contributed by atoms with Gasteiger partial charge in [0, 0.05) is 26.1 Å². The molecule has 0 spiro atoms. The molecule has 0 bridgehead atoms. The van der Waals surface area contributed by atoms with Gasteiger partial charge in [0.15, 0.2) is 11.6 Å². The van der Waals surface area contributed by atoms with Crippen LogP contribution in [-0.2, 0) is 11.2 Å². The molecule has 2 heterocycles. The number of hydrogen-bond acceptors (Lipinski definition) is 6. The standard InChI is InChI=1S/C10H17N5O/c11-9-10(12)14-8(7-13-9)1-2-15-3-5-16-6-4-15/h7H,1-6H2,(H2,11,13)(H2,12,14). The van der Waals surface area contributed by atoms with Gasteiger partial charge < -0.3 is 16.2 Å². The molecule has 4 N–H and O–H groups in total. The van der Waals surface area contributed by atoms with Crippen LogP contribution in [0.1, 0.15) is 5.69 Å². The summed E-state index contributed by atoms with van der Waals surface area (Å²) in [5.74, 6) is 0.620. The minimum atomic E-state index is 0.301. The Morgan fingerprint density at radius 2 is 2.00 bits per heavy atom. The molecule has 0 aliphatic carbocycles. The summed E-state index contributed by atoms with van der Waals surface area (Å²) in [6.07, 6.45) is 2.53. The average molecular weight is 223 g/mol. The number of nitrogens with zero attached hydrogens (tertiary/aromatic N) is 3. The second-order valence-electron chi connectivity index (χ2n) is 3.84. The van der Waals surface area contributed by atoms with Crippen molar-refractivity contribution in [2.45, 2.75) is 6.42 Å². The van der Waals surface area contributed by atoms with Gasteiger partial charge >= 0.3 is 0 Å². The topological polar surface area (TPSA) is 90.3 Å². The number of hydrogen-bond donors (Lipinski definition) is 2. The molecule has 0 unspecified atom stereocenters. The summed E-state index contributed by atoms with van der Waals surface area (Å²) >= 11 is 0. The Labute approximate surface area is 94.6 Å². The van der Waals surface area contributed by atoms with Crippen molar-refractivity contribution in [2.75, 3.05) is 44.3 Å². The zero-order valence-corrected chi connectivity index (χ0v) is 9.22. The van der Waals surface area contributed by atoms with Crippen LogP contribution >= 0.6 is 0 Å². The first-order chi connectivity index (χ1) is 7.75. The molecule has 2 rings (SSSR count). The van der Waals surface area contributed by atoms with Crippen LogP contribution in [0.3, 0.4) is 0 Å². The van der Waals surface area contributed by atoms with Crippen LogP contribution in [0.4, 0.5) is 11.6 Å². The quantitative estimate of drug-likeness (QED) is 0.719. The molecule has 0 aromatic carbocycles. The Morgan fingerprint density at radius 3 is 2.69 bits per heavy atom. The smallest absolute Gasteiger partial charge is 0.166 e. The molecular weight excluding hydrogens is 206 g/mol. The first-order valence-corrected chi connectivity index (χ1v) is 5.42. The molecule has 1 aromatic heterocycles. The van der Waals surface area contributed by atoms with E-state index in [0.29, 0.717) is 11.6 Å². The molecule has 1 fully saturated rings. The normalized spacial score (nSPS) is 17.5. The molecule has 6 heteroatoms. The van der Waals surface area contributed by atoms with E-state index in [1.807, 2.05) is 0 Å². The van der Waals surface area contributed by atoms with Crippen LogP contribution in [0.25, 0.3) is 0 Å². The Bertz CT molecular complexity index is 351. The molecule has 88 valence electrons. The summed E-state index contributed by atoms with van der Waals surface area (Å²) in [6, 6.07) is 0. The molecule has 1 aromatic rings. The van der Waals surface area contributed by atoms with E-state index >= 15 is 0 Å². The van der Waals surface area contributed by atoms with Gasteiger partial charge in [0.05, 0.1) is 25.1 Å². The van der Waals surface area contributed by atoms with Gasteiger partial charge in [-0.25, -0.2) is 9.97 Å². The van der Waals surface area contributed by atoms with E-state index in [9.17, 15) is 0 Å². The fourth-order valence-electron chi connectivity index (χ4n) is 1.67. The molecular formula is C10H17N5O. The summed E-state index contributed by atoms with van der Waals surface area (Å²) < 4.78 is 5.28. The Hall–Kier alpha value is -1.40. The molecule has 0 amide bonds. The van der Waals surface area contributed by atoms with E-state index in [1.54, 1.807) is 6.20 Å². The fourth-order valence-corrected chi connectivity index (χ4v) is 1.67. The molecule has 1 aliphatic heterocycles. The van der Waals surface area contributed by atoms with Gasteiger partial charge in [0.1, 0.15) is 0 Å². The predicted molar refractivity (Wildman–Crippen MR) is 61.8 cm³/mol. The summed E-state index contributed by atoms with van der Waals surface area (Å²) in [5.41, 5.74) is 12.0. The molecule has 0 saturated carbocycles. The molecule has 1 aliphatic rings. The highest BCUT2D eigenvalue weighted by atomic mass is 16.5. The fraction of sp³-hybridized carbons (Fsp3) is 0.600. The highest BCUT2D eigenvalue weighted by Crippen LogP contribution is 2.08. The number of morpholine rings is 1. The second-order valence-corrected chi connectivity index (χ2v) is 3.84. The largest absolute Gasteiger partial charge is 0.381 e. The molecule has 16 heavy (non-hydrogen) atoms. The molecule has 0 radical (unpaired) electrons. The third kappa shape index (κ3) is 2.80. The number of rotatable bonds is 3. The van der Waals surface area contributed by atoms with Gasteiger partial charge in [-0.1, -0.05) is 0 Å². The monoisotopic (exact) mass is 223 g/mol. The number of nitrogens with two attached hydrogens (primary N) is 2. The average Bonchev–Trinajstić information content (AvgIpc) is 2.32. The van der Waals surface area contributed by atoms with E-state index in [0.717, 1.165) is 45.0 Å². The van der Waals surface area contributed by atoms with Crippen molar-refractivity contribution >= 4 is 11.6 Å². The van der Waals surface area contributed by atoms with Crippen molar-refractivity contribution < 1.29 is 4.74 Å². The van der Waals surface area contributed by atoms with Crippen LogP contribution in [-0.4, -0.2) is 47.7 Å². The number of ether oxygens (including phenoxy) is 1. The third-order valence-corrected chi connectivity index (χ3v) is 2.67. The minimum Gasteiger partial charge on any atom is -0.381 e. The van der Waals surface area contributed by atoms with Crippen LogP contribution in [0.2, 0.25) is 0 Å². The van der Waals surface area contributed by atoms with Crippen LogP contribution < -0.4 is 11.5 Å². The number of nitrogen functional groups attached to an aromatic ring is 2. The van der Waals surface area contributed by atoms with Gasteiger partial charge in [-0.15, -0.1) is 0 Å². The summed E-state index contributed by atoms with van der Waals surface area (Å²) in [7, 11) is 0. The Kier molecular flexibility index (Phi) is 3.53. The second kappa shape index (κ2) is 5.09. The minimum absolute atomic E-state index is 0.301. The first kappa shape index (κ1) is 11.1. The lowest BCUT2D eigenvalue weighted by Gasteiger charge is -2.26. The summed E-state index contributed by atoms with van der Waals surface area (Å²) in [4.78, 5) is 10.5. The van der Waals surface area contributed by atoms with Crippen molar-refractivity contribution in [3.05, 3.63) is 11.9 Å². The van der Waals surface area contributed by atoms with E-state index in [1.165, 1.54) is 0 Å². The maximum absolute atomic E-state index is 5.60. The maximum Gasteiger partial charge on any atom is 0.166 e. The van der Waals surface area contributed by atoms with Gasteiger partial charge in [-0.05, 0) is 0 Å². The van der Waals surface area contributed by atoms with Crippen LogP contribution in [0.5, 0.6) is 0 Å². The lowest BCUT2D eigenvalue weighted by Crippen LogP contribution is -2.37. The zero-order valence-electron chi connectivity index (χ0n) is 9.22. The van der Waals surface area contributed by atoms with Gasteiger partial charge in [0.2, 0.25) is 0 Å². The SMILES string of the molecule is Nc1ncc(CCN2CCOCC2)nc1N. The van der Waals surface area contributed by atoms with Crippen LogP contribution in [0, 0.1) is 0 Å². The summed E-state index contributed by atoms with van der Waals surface area (Å²) in [6.45, 7) is 4.56. The zero-order chi connectivity index (χ0) is 11.4. The van der Waals surface area contributed by atoms with Crippen molar-refractivity contribution in [1.29, 1.82) is 0 Å². The van der Waals surface area contributed by atoms with Crippen molar-refractivity contribution in [3.63, 3.8) is 0 Å². The van der Waals surface area contributed by atoms with E-state index in [4.69, 9.17) is 16.2 Å². The number of aromatic nitrogens is 2. The van der Waals surface area contributed by atoms with Crippen LogP contribution in [0.15, 0.2) is 6.20 Å². The highest BCUT2D eigenvalue weighted by Gasteiger charge is 2.10. The lowest BCUT2D eigenvalue weighted by molar-refractivity contribution is 0.0383. The lowest BCUT2D eigenvalue weighted by atomic mass is 10.3. The molecule has 0 atom stereocenters. The van der Waals surface area contributed by atoms with Gasteiger partial charge in [0.25, 0.3) is 0 Å². The predicted octanol–water partition coefficient (Wildman–Crippen LogP) is -0.484. The van der Waals surface area contributed by atoms with E-state index in [-0.39, 0.29) is 0 Å². The third-order valence-electron chi connectivity index (χ3n) is 2.67. The molecule has 1 saturated heterocycles. The van der Waals surface area contributed by atoms with Crippen molar-refractivity contribution in [3.8, 4) is 0 Å². The van der Waals surface area contributed by atoms with Crippen molar-refractivity contribution in [1.82, 2.24) is 14.9 Å². The first-order valence-electron chi connectivity index (χ1n) is 5.42. The number of anilines is 2. The summed E-state index contributed by atoms with van der Waals surface area (Å²) in [5, 5.41) is 0. The van der Waals surface area contributed by atoms with E-state index < -0.39 is 0 Å². The Morgan fingerprint density at radius 1 is 1.25 bits per heavy atom. The van der Waals surface area contributed by atoms with Gasteiger partial charge in [-0.2, -0.15) is 0 Å². The van der Waals surface area contributed by atoms with Gasteiger partial charge in [-0.3, -0.25) is 4.90 Å². The molecule has 6 nitrogen and oxygen atoms in total. The highest BCUT2D eigenvalue weighted by molar-refractivity contribution is 5.51. The van der Waals surface area contributed by atoms with E-state index in [2.05, 4.69) is 14.9 Å².